The molecule has 1 aromatic rings. The van der Waals surface area contributed by atoms with Gasteiger partial charge in [-0.1, -0.05) is 32.3 Å². The largest absolute Gasteiger partial charge is 0.493 e. The van der Waals surface area contributed by atoms with Crippen molar-refractivity contribution in [2.45, 2.75) is 58.0 Å². The minimum Gasteiger partial charge on any atom is -0.493 e. The van der Waals surface area contributed by atoms with Crippen LogP contribution in [0.15, 0.2) is 18.2 Å². The van der Waals surface area contributed by atoms with E-state index in [2.05, 4.69) is 24.0 Å². The van der Waals surface area contributed by atoms with E-state index in [1.54, 1.807) is 7.11 Å². The first-order valence-electron chi connectivity index (χ1n) is 9.01. The fourth-order valence-electron chi connectivity index (χ4n) is 3.77. The van der Waals surface area contributed by atoms with Crippen LogP contribution in [0, 0.1) is 0 Å². The predicted molar refractivity (Wildman–Crippen MR) is 95.2 cm³/mol. The van der Waals surface area contributed by atoms with Gasteiger partial charge in [-0.05, 0) is 44.0 Å². The lowest BCUT2D eigenvalue weighted by Crippen LogP contribution is -2.42. The molecule has 1 unspecified atom stereocenters. The van der Waals surface area contributed by atoms with Crippen molar-refractivity contribution in [1.82, 2.24) is 4.90 Å². The Bertz CT molecular complexity index is 472. The zero-order chi connectivity index (χ0) is 16.7. The van der Waals surface area contributed by atoms with Crippen LogP contribution in [0.1, 0.15) is 57.6 Å². The normalized spacial score (nSPS) is 17.3. The number of nitrogens with zero attached hydrogens (tertiary/aromatic N) is 1. The molecule has 4 heteroatoms. The van der Waals surface area contributed by atoms with Gasteiger partial charge in [0.2, 0.25) is 0 Å². The molecule has 1 aliphatic rings. The number of rotatable bonds is 8. The summed E-state index contributed by atoms with van der Waals surface area (Å²) in [5.74, 6) is 1.60. The summed E-state index contributed by atoms with van der Waals surface area (Å²) in [5.41, 5.74) is 7.38. The molecular formula is C19H32N2O2. The lowest BCUT2D eigenvalue weighted by molar-refractivity contribution is 0.113. The molecule has 2 N–H and O–H groups in total. The molecule has 0 heterocycles. The SMILES string of the molecule is CCOc1ccc(C(CN)N(CC)C2CCCCC2)cc1OC. The van der Waals surface area contributed by atoms with Gasteiger partial charge in [0.1, 0.15) is 0 Å². The van der Waals surface area contributed by atoms with Crippen molar-refractivity contribution in [1.29, 1.82) is 0 Å². The highest BCUT2D eigenvalue weighted by molar-refractivity contribution is 5.44. The highest BCUT2D eigenvalue weighted by atomic mass is 16.5. The zero-order valence-electron chi connectivity index (χ0n) is 14.9. The van der Waals surface area contributed by atoms with Gasteiger partial charge < -0.3 is 15.2 Å². The van der Waals surface area contributed by atoms with Crippen LogP contribution >= 0.6 is 0 Å². The monoisotopic (exact) mass is 320 g/mol. The Labute approximate surface area is 140 Å². The van der Waals surface area contributed by atoms with E-state index >= 15 is 0 Å². The van der Waals surface area contributed by atoms with Gasteiger partial charge in [-0.2, -0.15) is 0 Å². The molecule has 0 saturated heterocycles. The van der Waals surface area contributed by atoms with Gasteiger partial charge >= 0.3 is 0 Å². The number of likely N-dealkylation sites (N-methyl/N-ethyl adjacent to an activating group) is 1. The van der Waals surface area contributed by atoms with Gasteiger partial charge in [0.25, 0.3) is 0 Å². The van der Waals surface area contributed by atoms with Crippen LogP contribution in [0.25, 0.3) is 0 Å². The van der Waals surface area contributed by atoms with E-state index in [1.165, 1.54) is 37.7 Å². The summed E-state index contributed by atoms with van der Waals surface area (Å²) in [7, 11) is 1.69. The summed E-state index contributed by atoms with van der Waals surface area (Å²) in [6.45, 7) is 6.52. The molecule has 1 aliphatic carbocycles. The fourth-order valence-corrected chi connectivity index (χ4v) is 3.77. The van der Waals surface area contributed by atoms with E-state index in [-0.39, 0.29) is 6.04 Å². The van der Waals surface area contributed by atoms with Crippen molar-refractivity contribution < 1.29 is 9.47 Å². The number of methoxy groups -OCH3 is 1. The highest BCUT2D eigenvalue weighted by Crippen LogP contribution is 2.34. The molecule has 0 amide bonds. The molecule has 0 aromatic heterocycles. The molecule has 23 heavy (non-hydrogen) atoms. The average molecular weight is 320 g/mol. The van der Waals surface area contributed by atoms with Gasteiger partial charge in [-0.25, -0.2) is 0 Å². The summed E-state index contributed by atoms with van der Waals surface area (Å²) in [6.07, 6.45) is 6.63. The first-order chi connectivity index (χ1) is 11.2. The van der Waals surface area contributed by atoms with Crippen LogP contribution in [0.2, 0.25) is 0 Å². The van der Waals surface area contributed by atoms with E-state index in [4.69, 9.17) is 15.2 Å². The Kier molecular flexibility index (Phi) is 7.18. The first-order valence-corrected chi connectivity index (χ1v) is 9.01. The maximum absolute atomic E-state index is 6.16. The molecule has 1 aromatic carbocycles. The van der Waals surface area contributed by atoms with E-state index in [0.29, 0.717) is 19.2 Å². The topological polar surface area (TPSA) is 47.7 Å². The second kappa shape index (κ2) is 9.14. The maximum Gasteiger partial charge on any atom is 0.161 e. The van der Waals surface area contributed by atoms with Crippen LogP contribution in [0.3, 0.4) is 0 Å². The van der Waals surface area contributed by atoms with Gasteiger partial charge in [0.15, 0.2) is 11.5 Å². The molecule has 0 bridgehead atoms. The first kappa shape index (κ1) is 18.1. The Morgan fingerprint density at radius 3 is 2.48 bits per heavy atom. The molecule has 1 fully saturated rings. The zero-order valence-corrected chi connectivity index (χ0v) is 14.9. The highest BCUT2D eigenvalue weighted by Gasteiger charge is 2.27. The summed E-state index contributed by atoms with van der Waals surface area (Å²) in [5, 5.41) is 0. The van der Waals surface area contributed by atoms with Crippen LogP contribution in [-0.2, 0) is 0 Å². The van der Waals surface area contributed by atoms with Crippen LogP contribution in [0.5, 0.6) is 11.5 Å². The standard InChI is InChI=1S/C19H32N2O2/c1-4-21(16-9-7-6-8-10-16)17(14-20)15-11-12-18(23-5-2)19(13-15)22-3/h11-13,16-17H,4-10,14,20H2,1-3H3. The molecular weight excluding hydrogens is 288 g/mol. The number of hydrogen-bond acceptors (Lipinski definition) is 4. The van der Waals surface area contributed by atoms with Gasteiger partial charge in [-0.15, -0.1) is 0 Å². The second-order valence-corrected chi connectivity index (χ2v) is 6.22. The quantitative estimate of drug-likeness (QED) is 0.792. The Morgan fingerprint density at radius 1 is 1.17 bits per heavy atom. The number of hydrogen-bond donors (Lipinski definition) is 1. The third kappa shape index (κ3) is 4.39. The minimum atomic E-state index is 0.243. The lowest BCUT2D eigenvalue weighted by Gasteiger charge is -2.39. The van der Waals surface area contributed by atoms with Crippen molar-refractivity contribution in [2.24, 2.45) is 5.73 Å². The Morgan fingerprint density at radius 2 is 1.91 bits per heavy atom. The summed E-state index contributed by atoms with van der Waals surface area (Å²) < 4.78 is 11.1. The van der Waals surface area contributed by atoms with E-state index in [9.17, 15) is 0 Å². The molecule has 1 atom stereocenters. The molecule has 130 valence electrons. The van der Waals surface area contributed by atoms with Crippen molar-refractivity contribution in [3.8, 4) is 11.5 Å². The second-order valence-electron chi connectivity index (χ2n) is 6.22. The van der Waals surface area contributed by atoms with E-state index in [0.717, 1.165) is 18.0 Å². The number of nitrogens with two attached hydrogens (primary N) is 1. The van der Waals surface area contributed by atoms with Crippen molar-refractivity contribution in [3.05, 3.63) is 23.8 Å². The third-order valence-electron chi connectivity index (χ3n) is 4.90. The molecule has 0 aliphatic heterocycles. The third-order valence-corrected chi connectivity index (χ3v) is 4.90. The van der Waals surface area contributed by atoms with Crippen molar-refractivity contribution >= 4 is 0 Å². The van der Waals surface area contributed by atoms with Crippen LogP contribution < -0.4 is 15.2 Å². The van der Waals surface area contributed by atoms with Gasteiger partial charge in [0.05, 0.1) is 13.7 Å². The van der Waals surface area contributed by atoms with Crippen LogP contribution in [-0.4, -0.2) is 37.7 Å². The Hall–Kier alpha value is -1.26. The smallest absolute Gasteiger partial charge is 0.161 e. The predicted octanol–water partition coefficient (Wildman–Crippen LogP) is 3.75. The maximum atomic E-state index is 6.16. The fraction of sp³-hybridized carbons (Fsp3) is 0.684. The van der Waals surface area contributed by atoms with Crippen molar-refractivity contribution in [3.63, 3.8) is 0 Å². The minimum absolute atomic E-state index is 0.243. The van der Waals surface area contributed by atoms with Crippen molar-refractivity contribution in [2.75, 3.05) is 26.8 Å². The van der Waals surface area contributed by atoms with Gasteiger partial charge in [0, 0.05) is 18.6 Å². The molecule has 4 nitrogen and oxygen atoms in total. The summed E-state index contributed by atoms with van der Waals surface area (Å²) in [6, 6.07) is 7.13. The number of ether oxygens (including phenoxy) is 2. The van der Waals surface area contributed by atoms with E-state index < -0.39 is 0 Å². The average Bonchev–Trinajstić information content (AvgIpc) is 2.61. The Balaban J connectivity index is 2.24. The van der Waals surface area contributed by atoms with Crippen LogP contribution in [0.4, 0.5) is 0 Å². The molecule has 1 saturated carbocycles. The van der Waals surface area contributed by atoms with Gasteiger partial charge in [-0.3, -0.25) is 4.90 Å². The number of benzene rings is 1. The molecule has 0 spiro atoms. The van der Waals surface area contributed by atoms with E-state index in [1.807, 2.05) is 13.0 Å². The molecule has 2 rings (SSSR count). The summed E-state index contributed by atoms with van der Waals surface area (Å²) >= 11 is 0. The summed E-state index contributed by atoms with van der Waals surface area (Å²) in [4.78, 5) is 2.58. The molecule has 0 radical (unpaired) electrons. The lowest BCUT2D eigenvalue weighted by atomic mass is 9.91.